The van der Waals surface area contributed by atoms with Crippen molar-refractivity contribution in [2.75, 3.05) is 5.32 Å². The predicted octanol–water partition coefficient (Wildman–Crippen LogP) is 6.67. The molecule has 1 N–H and O–H groups in total. The summed E-state index contributed by atoms with van der Waals surface area (Å²) in [6, 6.07) is 18.9. The van der Waals surface area contributed by atoms with E-state index in [1.807, 2.05) is 68.4 Å². The summed E-state index contributed by atoms with van der Waals surface area (Å²) in [5.74, 6) is 0.885. The minimum atomic E-state index is -1.06. The molecule has 31 heavy (non-hydrogen) atoms. The third kappa shape index (κ3) is 4.64. The predicted molar refractivity (Wildman–Crippen MR) is 126 cm³/mol. The lowest BCUT2D eigenvalue weighted by Gasteiger charge is -2.25. The zero-order chi connectivity index (χ0) is 22.2. The second-order valence-electron chi connectivity index (χ2n) is 8.05. The van der Waals surface area contributed by atoms with E-state index in [0.717, 1.165) is 32.3 Å². The van der Waals surface area contributed by atoms with Gasteiger partial charge in [-0.1, -0.05) is 28.1 Å². The summed E-state index contributed by atoms with van der Waals surface area (Å²) in [6.07, 6.45) is 0. The smallest absolute Gasteiger partial charge is 0.267 e. The van der Waals surface area contributed by atoms with E-state index >= 15 is 0 Å². The normalized spacial score (nSPS) is 11.5. The maximum atomic E-state index is 12.9. The van der Waals surface area contributed by atoms with Crippen molar-refractivity contribution >= 4 is 38.6 Å². The Morgan fingerprint density at radius 1 is 1.06 bits per heavy atom. The van der Waals surface area contributed by atoms with Gasteiger partial charge in [0, 0.05) is 15.7 Å². The van der Waals surface area contributed by atoms with E-state index in [4.69, 9.17) is 9.15 Å². The number of oxazole rings is 1. The minimum Gasteiger partial charge on any atom is -0.478 e. The number of ether oxygens (including phenoxy) is 1. The van der Waals surface area contributed by atoms with Gasteiger partial charge in [0.25, 0.3) is 5.91 Å². The lowest BCUT2D eigenvalue weighted by molar-refractivity contribution is -0.128. The van der Waals surface area contributed by atoms with Crippen LogP contribution in [0.15, 0.2) is 69.6 Å². The maximum absolute atomic E-state index is 12.9. The number of rotatable bonds is 5. The molecule has 1 aromatic heterocycles. The summed E-state index contributed by atoms with van der Waals surface area (Å²) in [7, 11) is 0. The van der Waals surface area contributed by atoms with Crippen LogP contribution in [-0.2, 0) is 4.79 Å². The first kappa shape index (κ1) is 21.1. The second kappa shape index (κ2) is 8.19. The van der Waals surface area contributed by atoms with Crippen LogP contribution in [0, 0.1) is 13.8 Å². The summed E-state index contributed by atoms with van der Waals surface area (Å²) in [6.45, 7) is 7.52. The van der Waals surface area contributed by atoms with E-state index in [-0.39, 0.29) is 5.91 Å². The Labute approximate surface area is 189 Å². The molecule has 0 fully saturated rings. The number of carbonyl (C=O) groups excluding carboxylic acids is 1. The van der Waals surface area contributed by atoms with Gasteiger partial charge in [-0.05, 0) is 87.4 Å². The number of hydrogen-bond donors (Lipinski definition) is 1. The Morgan fingerprint density at radius 3 is 2.55 bits per heavy atom. The molecule has 4 aromatic rings. The van der Waals surface area contributed by atoms with E-state index in [1.54, 1.807) is 13.8 Å². The number of benzene rings is 3. The fourth-order valence-electron chi connectivity index (χ4n) is 3.36. The van der Waals surface area contributed by atoms with Gasteiger partial charge in [-0.15, -0.1) is 0 Å². The summed E-state index contributed by atoms with van der Waals surface area (Å²) in [5.41, 5.74) is 4.16. The molecule has 158 valence electrons. The lowest BCUT2D eigenvalue weighted by Crippen LogP contribution is -2.42. The van der Waals surface area contributed by atoms with Gasteiger partial charge in [-0.3, -0.25) is 4.79 Å². The van der Waals surface area contributed by atoms with Gasteiger partial charge < -0.3 is 14.5 Å². The van der Waals surface area contributed by atoms with Crippen molar-refractivity contribution in [3.63, 3.8) is 0 Å². The fourth-order valence-corrected chi connectivity index (χ4v) is 3.62. The molecule has 0 saturated heterocycles. The van der Waals surface area contributed by atoms with Crippen LogP contribution in [0.4, 0.5) is 5.69 Å². The number of halogens is 1. The Morgan fingerprint density at radius 2 is 1.81 bits per heavy atom. The van der Waals surface area contributed by atoms with Gasteiger partial charge in [-0.2, -0.15) is 0 Å². The molecule has 0 aliphatic rings. The molecule has 0 aliphatic heterocycles. The number of hydrogen-bond acceptors (Lipinski definition) is 4. The average molecular weight is 479 g/mol. The summed E-state index contributed by atoms with van der Waals surface area (Å²) >= 11 is 3.40. The summed E-state index contributed by atoms with van der Waals surface area (Å²) < 4.78 is 12.9. The third-order valence-corrected chi connectivity index (χ3v) is 5.45. The van der Waals surface area contributed by atoms with Crippen molar-refractivity contribution in [1.29, 1.82) is 0 Å². The van der Waals surface area contributed by atoms with Crippen LogP contribution < -0.4 is 10.1 Å². The van der Waals surface area contributed by atoms with Crippen LogP contribution in [0.5, 0.6) is 5.75 Å². The van der Waals surface area contributed by atoms with Gasteiger partial charge in [0.2, 0.25) is 5.89 Å². The Balaban J connectivity index is 1.55. The SMILES string of the molecule is Cc1cc(C)c2oc(-c3cccc(NC(=O)C(C)(C)Oc4ccc(Br)cc4)c3)nc2c1. The number of amides is 1. The Hall–Kier alpha value is -3.12. The van der Waals surface area contributed by atoms with Gasteiger partial charge in [0.1, 0.15) is 11.3 Å². The standard InChI is InChI=1S/C25H23BrN2O3/c1-15-12-16(2)22-21(13-15)28-23(30-22)17-6-5-7-19(14-17)27-24(29)25(3,4)31-20-10-8-18(26)9-11-20/h5-14H,1-4H3,(H,27,29). The van der Waals surface area contributed by atoms with Crippen molar-refractivity contribution in [3.8, 4) is 17.2 Å². The molecule has 0 unspecified atom stereocenters. The first-order valence-corrected chi connectivity index (χ1v) is 10.7. The molecular formula is C25H23BrN2O3. The summed E-state index contributed by atoms with van der Waals surface area (Å²) in [5, 5.41) is 2.94. The van der Waals surface area contributed by atoms with Gasteiger partial charge >= 0.3 is 0 Å². The van der Waals surface area contributed by atoms with Crippen LogP contribution in [0.1, 0.15) is 25.0 Å². The number of nitrogens with zero attached hydrogens (tertiary/aromatic N) is 1. The molecule has 0 bridgehead atoms. The van der Waals surface area contributed by atoms with Crippen LogP contribution in [0.25, 0.3) is 22.6 Å². The molecule has 4 rings (SSSR count). The van der Waals surface area contributed by atoms with E-state index in [9.17, 15) is 4.79 Å². The molecule has 0 aliphatic carbocycles. The molecule has 0 atom stereocenters. The van der Waals surface area contributed by atoms with Crippen molar-refractivity contribution < 1.29 is 13.9 Å². The van der Waals surface area contributed by atoms with Crippen molar-refractivity contribution in [2.45, 2.75) is 33.3 Å². The van der Waals surface area contributed by atoms with E-state index < -0.39 is 5.60 Å². The highest BCUT2D eigenvalue weighted by molar-refractivity contribution is 9.10. The number of anilines is 1. The van der Waals surface area contributed by atoms with Gasteiger partial charge in [-0.25, -0.2) is 4.98 Å². The van der Waals surface area contributed by atoms with Crippen molar-refractivity contribution in [2.24, 2.45) is 0 Å². The van der Waals surface area contributed by atoms with Gasteiger partial charge in [0.05, 0.1) is 0 Å². The number of nitrogens with one attached hydrogen (secondary N) is 1. The highest BCUT2D eigenvalue weighted by Crippen LogP contribution is 2.29. The molecule has 1 amide bonds. The monoisotopic (exact) mass is 478 g/mol. The maximum Gasteiger partial charge on any atom is 0.267 e. The fraction of sp³-hybridized carbons (Fsp3) is 0.200. The minimum absolute atomic E-state index is 0.253. The Kier molecular flexibility index (Phi) is 5.58. The van der Waals surface area contributed by atoms with Crippen LogP contribution >= 0.6 is 15.9 Å². The molecule has 1 heterocycles. The topological polar surface area (TPSA) is 64.4 Å². The second-order valence-corrected chi connectivity index (χ2v) is 8.97. The number of aromatic nitrogens is 1. The molecule has 5 nitrogen and oxygen atoms in total. The highest BCUT2D eigenvalue weighted by Gasteiger charge is 2.30. The summed E-state index contributed by atoms with van der Waals surface area (Å²) in [4.78, 5) is 17.5. The van der Waals surface area contributed by atoms with E-state index in [2.05, 4.69) is 32.3 Å². The number of carbonyl (C=O) groups is 1. The number of fused-ring (bicyclic) bond motifs is 1. The highest BCUT2D eigenvalue weighted by atomic mass is 79.9. The molecule has 0 spiro atoms. The van der Waals surface area contributed by atoms with Crippen LogP contribution in [-0.4, -0.2) is 16.5 Å². The zero-order valence-corrected chi connectivity index (χ0v) is 19.4. The first-order valence-electron chi connectivity index (χ1n) is 9.95. The lowest BCUT2D eigenvalue weighted by atomic mass is 10.1. The molecule has 3 aromatic carbocycles. The van der Waals surface area contributed by atoms with E-state index in [1.165, 1.54) is 0 Å². The van der Waals surface area contributed by atoms with Crippen LogP contribution in [0.3, 0.4) is 0 Å². The zero-order valence-electron chi connectivity index (χ0n) is 17.8. The van der Waals surface area contributed by atoms with E-state index in [0.29, 0.717) is 17.3 Å². The Bertz CT molecular complexity index is 1260. The van der Waals surface area contributed by atoms with Crippen LogP contribution in [0.2, 0.25) is 0 Å². The molecular weight excluding hydrogens is 456 g/mol. The first-order chi connectivity index (χ1) is 14.7. The molecule has 0 saturated carbocycles. The quantitative estimate of drug-likeness (QED) is 0.347. The van der Waals surface area contributed by atoms with Crippen molar-refractivity contribution in [1.82, 2.24) is 4.98 Å². The molecule has 0 radical (unpaired) electrons. The van der Waals surface area contributed by atoms with Crippen molar-refractivity contribution in [3.05, 3.63) is 76.3 Å². The largest absolute Gasteiger partial charge is 0.478 e. The average Bonchev–Trinajstić information content (AvgIpc) is 3.14. The third-order valence-electron chi connectivity index (χ3n) is 4.92. The van der Waals surface area contributed by atoms with Gasteiger partial charge in [0.15, 0.2) is 11.2 Å². The molecule has 6 heteroatoms. The number of aryl methyl sites for hydroxylation is 2.